The van der Waals surface area contributed by atoms with Crippen molar-refractivity contribution in [3.05, 3.63) is 77.5 Å². The first-order valence-electron chi connectivity index (χ1n) is 13.8. The molecule has 4 aliphatic heterocycles. The molecule has 0 radical (unpaired) electrons. The molecule has 0 aliphatic carbocycles. The number of benzene rings is 2. The number of imidazole rings is 1. The number of hydrogen-bond acceptors (Lipinski definition) is 6. The molecule has 2 fully saturated rings. The Kier molecular flexibility index (Phi) is 5.22. The first-order valence-corrected chi connectivity index (χ1v) is 13.8. The van der Waals surface area contributed by atoms with E-state index in [0.29, 0.717) is 17.9 Å². The van der Waals surface area contributed by atoms with Gasteiger partial charge in [-0.1, -0.05) is 24.3 Å². The van der Waals surface area contributed by atoms with E-state index in [1.165, 1.54) is 0 Å². The van der Waals surface area contributed by atoms with Gasteiger partial charge in [0.1, 0.15) is 18.4 Å². The third-order valence-electron chi connectivity index (χ3n) is 8.98. The van der Waals surface area contributed by atoms with E-state index < -0.39 is 12.1 Å². The number of amides is 2. The maximum absolute atomic E-state index is 14.2. The van der Waals surface area contributed by atoms with Gasteiger partial charge in [0.05, 0.1) is 12.6 Å². The van der Waals surface area contributed by atoms with Crippen LogP contribution in [-0.4, -0.2) is 79.6 Å². The molecule has 1 N–H and O–H groups in total. The van der Waals surface area contributed by atoms with Crippen LogP contribution in [0.15, 0.2) is 54.9 Å². The Balaban J connectivity index is 1.14. The first kappa shape index (κ1) is 23.6. The van der Waals surface area contributed by atoms with Crippen LogP contribution in [-0.2, 0) is 29.6 Å². The molecule has 6 heterocycles. The van der Waals surface area contributed by atoms with Gasteiger partial charge >= 0.3 is 0 Å². The number of carbonyl (C=O) groups is 2. The fourth-order valence-corrected chi connectivity index (χ4v) is 6.98. The number of carbonyl (C=O) groups excluding carboxylic acids is 2. The van der Waals surface area contributed by atoms with Gasteiger partial charge in [-0.05, 0) is 35.7 Å². The molecule has 2 aromatic carbocycles. The summed E-state index contributed by atoms with van der Waals surface area (Å²) in [5, 5.41) is 1.10. The SMILES string of the molecule is Cn1ccnc1CN1CC[C@H](N2CC(=O)N3[C@H](c4ccc5c(c4)OCO5)c4[nH]c5ccccc5c4C[C@@H]3C2=O)C1. The second kappa shape index (κ2) is 8.85. The van der Waals surface area contributed by atoms with Crippen molar-refractivity contribution in [3.8, 4) is 11.5 Å². The minimum Gasteiger partial charge on any atom is -0.454 e. The van der Waals surface area contributed by atoms with Gasteiger partial charge in [-0.3, -0.25) is 14.5 Å². The molecule has 204 valence electrons. The van der Waals surface area contributed by atoms with Crippen LogP contribution in [0, 0.1) is 0 Å². The molecular weight excluding hydrogens is 508 g/mol. The molecule has 0 saturated carbocycles. The zero-order chi connectivity index (χ0) is 27.0. The van der Waals surface area contributed by atoms with E-state index in [1.807, 2.05) is 70.2 Å². The Bertz CT molecular complexity index is 1660. The Hall–Kier alpha value is -4.31. The molecule has 10 nitrogen and oxygen atoms in total. The van der Waals surface area contributed by atoms with Crippen molar-refractivity contribution in [2.75, 3.05) is 26.4 Å². The number of likely N-dealkylation sites (tertiary alicyclic amines) is 1. The molecule has 0 unspecified atom stereocenters. The summed E-state index contributed by atoms with van der Waals surface area (Å²) in [4.78, 5) is 42.3. The predicted molar refractivity (Wildman–Crippen MR) is 146 cm³/mol. The molecule has 4 aromatic rings. The van der Waals surface area contributed by atoms with E-state index in [1.54, 1.807) is 0 Å². The van der Waals surface area contributed by atoms with Crippen LogP contribution in [0.4, 0.5) is 0 Å². The summed E-state index contributed by atoms with van der Waals surface area (Å²) in [5.41, 5.74) is 3.98. The lowest BCUT2D eigenvalue weighted by molar-refractivity contribution is -0.160. The smallest absolute Gasteiger partial charge is 0.246 e. The maximum Gasteiger partial charge on any atom is 0.246 e. The van der Waals surface area contributed by atoms with E-state index in [0.717, 1.165) is 59.6 Å². The maximum atomic E-state index is 14.2. The largest absolute Gasteiger partial charge is 0.454 e. The highest BCUT2D eigenvalue weighted by Gasteiger charge is 2.50. The predicted octanol–water partition coefficient (Wildman–Crippen LogP) is 2.59. The molecule has 4 aliphatic rings. The van der Waals surface area contributed by atoms with Crippen molar-refractivity contribution < 1.29 is 19.1 Å². The first-order chi connectivity index (χ1) is 19.5. The topological polar surface area (TPSA) is 95.9 Å². The van der Waals surface area contributed by atoms with E-state index >= 15 is 0 Å². The number of para-hydroxylation sites is 1. The standard InChI is InChI=1S/C30H30N6O4/c1-33-11-9-31-26(33)15-34-10-8-19(14-34)35-16-27(37)36-23(30(35)38)13-21-20-4-2-3-5-22(20)32-28(21)29(36)18-6-7-24-25(12-18)40-17-39-24/h2-7,9,11-12,19,23,29,32H,8,10,13-17H2,1H3/t19-,23+,29+/m0/s1. The molecule has 0 bridgehead atoms. The Morgan fingerprint density at radius 2 is 1.98 bits per heavy atom. The lowest BCUT2D eigenvalue weighted by Crippen LogP contribution is -2.65. The quantitative estimate of drug-likeness (QED) is 0.429. The number of hydrogen-bond donors (Lipinski definition) is 1. The summed E-state index contributed by atoms with van der Waals surface area (Å²) in [6, 6.07) is 13.0. The number of piperazine rings is 1. The number of rotatable bonds is 4. The van der Waals surface area contributed by atoms with Crippen LogP contribution < -0.4 is 9.47 Å². The highest BCUT2D eigenvalue weighted by atomic mass is 16.7. The molecule has 8 rings (SSSR count). The third-order valence-corrected chi connectivity index (χ3v) is 8.98. The van der Waals surface area contributed by atoms with E-state index in [9.17, 15) is 9.59 Å². The summed E-state index contributed by atoms with van der Waals surface area (Å²) in [5.74, 6) is 2.35. The zero-order valence-corrected chi connectivity index (χ0v) is 22.2. The third kappa shape index (κ3) is 3.55. The van der Waals surface area contributed by atoms with Gasteiger partial charge in [0.25, 0.3) is 0 Å². The van der Waals surface area contributed by atoms with Crippen molar-refractivity contribution in [1.82, 2.24) is 29.2 Å². The number of nitrogens with one attached hydrogen (secondary N) is 1. The highest BCUT2D eigenvalue weighted by Crippen LogP contribution is 2.45. The summed E-state index contributed by atoms with van der Waals surface area (Å²) < 4.78 is 13.2. The fraction of sp³-hybridized carbons (Fsp3) is 0.367. The van der Waals surface area contributed by atoms with Crippen LogP contribution in [0.1, 0.15) is 35.1 Å². The Morgan fingerprint density at radius 3 is 2.85 bits per heavy atom. The minimum atomic E-state index is -0.563. The van der Waals surface area contributed by atoms with Gasteiger partial charge in [0.2, 0.25) is 18.6 Å². The van der Waals surface area contributed by atoms with E-state index in [4.69, 9.17) is 9.47 Å². The van der Waals surface area contributed by atoms with Gasteiger partial charge in [-0.15, -0.1) is 0 Å². The molecule has 2 amide bonds. The lowest BCUT2D eigenvalue weighted by Gasteiger charge is -2.48. The number of ether oxygens (including phenoxy) is 2. The van der Waals surface area contributed by atoms with Crippen molar-refractivity contribution in [3.63, 3.8) is 0 Å². The molecule has 2 aromatic heterocycles. The van der Waals surface area contributed by atoms with Crippen LogP contribution in [0.5, 0.6) is 11.5 Å². The van der Waals surface area contributed by atoms with Gasteiger partial charge in [0, 0.05) is 61.6 Å². The Labute approximate surface area is 231 Å². The van der Waals surface area contributed by atoms with Gasteiger partial charge in [-0.25, -0.2) is 4.98 Å². The van der Waals surface area contributed by atoms with Crippen LogP contribution in [0.3, 0.4) is 0 Å². The summed E-state index contributed by atoms with van der Waals surface area (Å²) in [7, 11) is 2.00. The Morgan fingerprint density at radius 1 is 1.10 bits per heavy atom. The van der Waals surface area contributed by atoms with Crippen molar-refractivity contribution in [1.29, 1.82) is 0 Å². The van der Waals surface area contributed by atoms with Gasteiger partial charge in [-0.2, -0.15) is 0 Å². The summed E-state index contributed by atoms with van der Waals surface area (Å²) in [6.07, 6.45) is 5.09. The summed E-state index contributed by atoms with van der Waals surface area (Å²) in [6.45, 7) is 2.61. The zero-order valence-electron chi connectivity index (χ0n) is 22.2. The average Bonchev–Trinajstić information content (AvgIpc) is 3.76. The number of aromatic nitrogens is 3. The fourth-order valence-electron chi connectivity index (χ4n) is 6.98. The monoisotopic (exact) mass is 538 g/mol. The number of fused-ring (bicyclic) bond motifs is 5. The van der Waals surface area contributed by atoms with E-state index in [2.05, 4.69) is 20.9 Å². The van der Waals surface area contributed by atoms with E-state index in [-0.39, 0.29) is 31.2 Å². The van der Waals surface area contributed by atoms with Crippen molar-refractivity contribution >= 4 is 22.7 Å². The second-order valence-corrected chi connectivity index (χ2v) is 11.2. The number of nitrogens with zero attached hydrogens (tertiary/aromatic N) is 5. The lowest BCUT2D eigenvalue weighted by atomic mass is 9.85. The number of aryl methyl sites for hydroxylation is 1. The van der Waals surface area contributed by atoms with Crippen LogP contribution in [0.25, 0.3) is 10.9 Å². The highest BCUT2D eigenvalue weighted by molar-refractivity contribution is 5.98. The van der Waals surface area contributed by atoms with Gasteiger partial charge in [0.15, 0.2) is 11.5 Å². The van der Waals surface area contributed by atoms with Gasteiger partial charge < -0.3 is 28.8 Å². The van der Waals surface area contributed by atoms with Crippen molar-refractivity contribution in [2.24, 2.45) is 7.05 Å². The van der Waals surface area contributed by atoms with Crippen molar-refractivity contribution in [2.45, 2.75) is 37.5 Å². The van der Waals surface area contributed by atoms with Crippen LogP contribution in [0.2, 0.25) is 0 Å². The number of aromatic amines is 1. The molecule has 3 atom stereocenters. The molecule has 2 saturated heterocycles. The number of H-pyrrole nitrogens is 1. The average molecular weight is 539 g/mol. The van der Waals surface area contributed by atoms with Crippen LogP contribution >= 0.6 is 0 Å². The second-order valence-electron chi connectivity index (χ2n) is 11.2. The molecule has 10 heteroatoms. The molecule has 0 spiro atoms. The molecule has 40 heavy (non-hydrogen) atoms. The molecular formula is C30H30N6O4. The minimum absolute atomic E-state index is 0.00669. The summed E-state index contributed by atoms with van der Waals surface area (Å²) >= 11 is 0. The normalized spacial score (nSPS) is 24.2.